The van der Waals surface area contributed by atoms with E-state index in [9.17, 15) is 14.7 Å². The number of rotatable bonds is 6. The van der Waals surface area contributed by atoms with Gasteiger partial charge in [-0.25, -0.2) is 9.97 Å². The van der Waals surface area contributed by atoms with Gasteiger partial charge in [-0.2, -0.15) is 0 Å². The second-order valence-electron chi connectivity index (χ2n) is 5.19. The molecule has 0 radical (unpaired) electrons. The number of carbonyl (C=O) groups is 2. The zero-order chi connectivity index (χ0) is 17.7. The fraction of sp³-hybridized carbons (Fsp3) is 0.250. The molecule has 0 saturated carbocycles. The van der Waals surface area contributed by atoms with Gasteiger partial charge < -0.3 is 20.3 Å². The molecule has 0 fully saturated rings. The van der Waals surface area contributed by atoms with E-state index in [1.54, 1.807) is 24.3 Å². The predicted octanol–water partition coefficient (Wildman–Crippen LogP) is 1.45. The summed E-state index contributed by atoms with van der Waals surface area (Å²) in [5.74, 6) is -1.89. The molecule has 0 aliphatic heterocycles. The van der Waals surface area contributed by atoms with E-state index < -0.39 is 24.3 Å². The third kappa shape index (κ3) is 4.42. The molecule has 0 bridgehead atoms. The maximum absolute atomic E-state index is 11.9. The Balaban J connectivity index is 2.23. The van der Waals surface area contributed by atoms with Crippen LogP contribution in [-0.4, -0.2) is 44.7 Å². The number of aromatic nitrogens is 2. The smallest absolute Gasteiger partial charge is 0.322 e. The number of carboxylic acid groups (broad SMARTS) is 1. The lowest BCUT2D eigenvalue weighted by atomic mass is 10.1. The normalized spacial score (nSPS) is 10.5. The molecule has 1 heterocycles. The van der Waals surface area contributed by atoms with Gasteiger partial charge in [-0.1, -0.05) is 0 Å². The number of carboxylic acids is 1. The molecule has 0 saturated heterocycles. The van der Waals surface area contributed by atoms with Crippen LogP contribution in [-0.2, 0) is 4.79 Å². The molecule has 2 aromatic rings. The van der Waals surface area contributed by atoms with Gasteiger partial charge in [-0.3, -0.25) is 9.59 Å². The van der Waals surface area contributed by atoms with Crippen LogP contribution in [0.3, 0.4) is 0 Å². The summed E-state index contributed by atoms with van der Waals surface area (Å²) in [6, 6.07) is 7.01. The molecule has 24 heavy (non-hydrogen) atoms. The maximum Gasteiger partial charge on any atom is 0.322 e. The van der Waals surface area contributed by atoms with Crippen molar-refractivity contribution in [1.29, 1.82) is 0 Å². The van der Waals surface area contributed by atoms with E-state index in [-0.39, 0.29) is 11.8 Å². The summed E-state index contributed by atoms with van der Waals surface area (Å²) in [5, 5.41) is 20.4. The summed E-state index contributed by atoms with van der Waals surface area (Å²) in [4.78, 5) is 30.1. The average molecular weight is 331 g/mol. The number of hydrogen-bond donors (Lipinski definition) is 3. The Bertz CT molecular complexity index is 744. The molecule has 2 rings (SSSR count). The predicted molar refractivity (Wildman–Crippen MR) is 84.9 cm³/mol. The largest absolute Gasteiger partial charge is 0.492 e. The Morgan fingerprint density at radius 1 is 1.25 bits per heavy atom. The highest BCUT2D eigenvalue weighted by atomic mass is 16.5. The highest BCUT2D eigenvalue weighted by Gasteiger charge is 2.16. The van der Waals surface area contributed by atoms with Crippen LogP contribution in [0.4, 0.5) is 0 Å². The third-order valence-electron chi connectivity index (χ3n) is 2.89. The number of ether oxygens (including phenoxy) is 1. The topological polar surface area (TPSA) is 122 Å². The Labute approximate surface area is 138 Å². The minimum atomic E-state index is -1.20. The van der Waals surface area contributed by atoms with E-state index in [4.69, 9.17) is 9.84 Å². The zero-order valence-corrected chi connectivity index (χ0v) is 13.2. The van der Waals surface area contributed by atoms with Gasteiger partial charge in [0.1, 0.15) is 12.3 Å². The highest BCUT2D eigenvalue weighted by molar-refractivity contribution is 5.96. The number of carbonyl (C=O) groups excluding carboxylic acids is 1. The van der Waals surface area contributed by atoms with Gasteiger partial charge in [0, 0.05) is 5.56 Å². The van der Waals surface area contributed by atoms with E-state index in [1.165, 1.54) is 6.20 Å². The molecule has 0 atom stereocenters. The summed E-state index contributed by atoms with van der Waals surface area (Å²) in [6.07, 6.45) is 1.37. The van der Waals surface area contributed by atoms with Crippen molar-refractivity contribution >= 4 is 11.9 Å². The summed E-state index contributed by atoms with van der Waals surface area (Å²) < 4.78 is 5.54. The van der Waals surface area contributed by atoms with Gasteiger partial charge in [-0.15, -0.1) is 0 Å². The van der Waals surface area contributed by atoms with Gasteiger partial charge in [0.15, 0.2) is 5.69 Å². The highest BCUT2D eigenvalue weighted by Crippen LogP contribution is 2.23. The Morgan fingerprint density at radius 3 is 2.50 bits per heavy atom. The SMILES string of the molecule is CC(C)Oc1ccc(-c2cnc(O)c(C(=O)NCC(=O)O)n2)cc1. The molecule has 0 aliphatic carbocycles. The molecule has 8 nitrogen and oxygen atoms in total. The van der Waals surface area contributed by atoms with Crippen LogP contribution in [0, 0.1) is 0 Å². The number of amides is 1. The van der Waals surface area contributed by atoms with E-state index in [0.717, 1.165) is 0 Å². The van der Waals surface area contributed by atoms with E-state index in [0.29, 0.717) is 17.0 Å². The summed E-state index contributed by atoms with van der Waals surface area (Å²) >= 11 is 0. The molecule has 3 N–H and O–H groups in total. The van der Waals surface area contributed by atoms with Crippen molar-refractivity contribution < 1.29 is 24.5 Å². The van der Waals surface area contributed by atoms with Crippen molar-refractivity contribution in [3.8, 4) is 22.9 Å². The van der Waals surface area contributed by atoms with Crippen molar-refractivity contribution in [2.24, 2.45) is 0 Å². The minimum Gasteiger partial charge on any atom is -0.492 e. The lowest BCUT2D eigenvalue weighted by Gasteiger charge is -2.10. The number of nitrogens with zero attached hydrogens (tertiary/aromatic N) is 2. The van der Waals surface area contributed by atoms with Gasteiger partial charge in [-0.05, 0) is 38.1 Å². The summed E-state index contributed by atoms with van der Waals surface area (Å²) in [5.41, 5.74) is 0.700. The fourth-order valence-corrected chi connectivity index (χ4v) is 1.89. The second-order valence-corrected chi connectivity index (χ2v) is 5.19. The first kappa shape index (κ1) is 17.2. The molecule has 0 aliphatic rings. The quantitative estimate of drug-likeness (QED) is 0.732. The maximum atomic E-state index is 11.9. The lowest BCUT2D eigenvalue weighted by molar-refractivity contribution is -0.135. The molecule has 1 aromatic carbocycles. The molecule has 8 heteroatoms. The van der Waals surface area contributed by atoms with Crippen LogP contribution in [0.25, 0.3) is 11.3 Å². The number of benzene rings is 1. The number of nitrogens with one attached hydrogen (secondary N) is 1. The monoisotopic (exact) mass is 331 g/mol. The molecular weight excluding hydrogens is 314 g/mol. The lowest BCUT2D eigenvalue weighted by Crippen LogP contribution is -2.30. The number of aliphatic carboxylic acids is 1. The van der Waals surface area contributed by atoms with Crippen molar-refractivity contribution in [3.63, 3.8) is 0 Å². The van der Waals surface area contributed by atoms with Crippen molar-refractivity contribution in [3.05, 3.63) is 36.2 Å². The van der Waals surface area contributed by atoms with E-state index in [2.05, 4.69) is 15.3 Å². The van der Waals surface area contributed by atoms with E-state index in [1.807, 2.05) is 13.8 Å². The van der Waals surface area contributed by atoms with Gasteiger partial charge in [0.05, 0.1) is 18.0 Å². The fourth-order valence-electron chi connectivity index (χ4n) is 1.89. The Hall–Kier alpha value is -3.16. The third-order valence-corrected chi connectivity index (χ3v) is 2.89. The van der Waals surface area contributed by atoms with Crippen molar-refractivity contribution in [2.45, 2.75) is 20.0 Å². The number of aromatic hydroxyl groups is 1. The summed E-state index contributed by atoms with van der Waals surface area (Å²) in [7, 11) is 0. The van der Waals surface area contributed by atoms with Crippen LogP contribution >= 0.6 is 0 Å². The Kier molecular flexibility index (Phi) is 5.31. The molecule has 126 valence electrons. The molecule has 1 aromatic heterocycles. The first-order valence-electron chi connectivity index (χ1n) is 7.20. The first-order chi connectivity index (χ1) is 11.4. The van der Waals surface area contributed by atoms with E-state index >= 15 is 0 Å². The average Bonchev–Trinajstić information content (AvgIpc) is 2.53. The van der Waals surface area contributed by atoms with Crippen molar-refractivity contribution in [1.82, 2.24) is 15.3 Å². The minimum absolute atomic E-state index is 0.0499. The van der Waals surface area contributed by atoms with Crippen molar-refractivity contribution in [2.75, 3.05) is 6.54 Å². The molecule has 1 amide bonds. The molecular formula is C16H17N3O5. The first-order valence-corrected chi connectivity index (χ1v) is 7.20. The van der Waals surface area contributed by atoms with Gasteiger partial charge in [0.2, 0.25) is 5.88 Å². The standard InChI is InChI=1S/C16H17N3O5/c1-9(2)24-11-5-3-10(4-6-11)12-7-17-15(22)14(19-12)16(23)18-8-13(20)21/h3-7,9H,8H2,1-2H3,(H,17,22)(H,18,23)(H,20,21). The number of hydrogen-bond acceptors (Lipinski definition) is 6. The zero-order valence-electron chi connectivity index (χ0n) is 13.2. The van der Waals surface area contributed by atoms with Crippen LogP contribution in [0.1, 0.15) is 24.3 Å². The van der Waals surface area contributed by atoms with Crippen LogP contribution in [0.5, 0.6) is 11.6 Å². The van der Waals surface area contributed by atoms with Crippen LogP contribution in [0.2, 0.25) is 0 Å². The van der Waals surface area contributed by atoms with Crippen LogP contribution in [0.15, 0.2) is 30.5 Å². The van der Waals surface area contributed by atoms with Crippen LogP contribution < -0.4 is 10.1 Å². The second kappa shape index (κ2) is 7.40. The Morgan fingerprint density at radius 2 is 1.92 bits per heavy atom. The van der Waals surface area contributed by atoms with Gasteiger partial charge >= 0.3 is 5.97 Å². The van der Waals surface area contributed by atoms with Gasteiger partial charge in [0.25, 0.3) is 5.91 Å². The molecule has 0 spiro atoms. The summed E-state index contributed by atoms with van der Waals surface area (Å²) in [6.45, 7) is 3.26. The molecule has 0 unspecified atom stereocenters.